The molecule has 0 radical (unpaired) electrons. The third-order valence-corrected chi connectivity index (χ3v) is 7.99. The van der Waals surface area contributed by atoms with Crippen LogP contribution in [-0.4, -0.2) is 5.91 Å². The highest BCUT2D eigenvalue weighted by atomic mass is 127. The van der Waals surface area contributed by atoms with Gasteiger partial charge in [-0.1, -0.05) is 35.3 Å². The van der Waals surface area contributed by atoms with Gasteiger partial charge in [0, 0.05) is 8.45 Å². The molecule has 35 heavy (non-hydrogen) atoms. The van der Waals surface area contributed by atoms with Crippen LogP contribution in [0.1, 0.15) is 40.0 Å². The van der Waals surface area contributed by atoms with E-state index in [1.54, 1.807) is 12.1 Å². The second-order valence-electron chi connectivity index (χ2n) is 7.88. The number of nitriles is 2. The minimum absolute atomic E-state index is 0.125. The van der Waals surface area contributed by atoms with Gasteiger partial charge in [0.1, 0.15) is 29.3 Å². The van der Waals surface area contributed by atoms with Crippen LogP contribution in [0.25, 0.3) is 6.08 Å². The molecule has 1 aromatic heterocycles. The lowest BCUT2D eigenvalue weighted by Crippen LogP contribution is -2.13. The number of hydrogen-bond acceptors (Lipinski definition) is 5. The third kappa shape index (κ3) is 5.99. The number of carbonyl (C=O) groups is 1. The Kier molecular flexibility index (Phi) is 8.35. The lowest BCUT2D eigenvalue weighted by molar-refractivity contribution is -0.112. The average Bonchev–Trinajstić information content (AvgIpc) is 3.19. The molecule has 0 aliphatic heterocycles. The number of rotatable bonds is 6. The largest absolute Gasteiger partial charge is 0.486 e. The molecule has 176 valence electrons. The predicted octanol–water partition coefficient (Wildman–Crippen LogP) is 7.53. The van der Waals surface area contributed by atoms with Gasteiger partial charge in [0.25, 0.3) is 5.91 Å². The zero-order valence-corrected chi connectivity index (χ0v) is 22.8. The van der Waals surface area contributed by atoms with Gasteiger partial charge in [-0.05, 0) is 95.3 Å². The summed E-state index contributed by atoms with van der Waals surface area (Å²) in [5.74, 6) is -0.260. The molecule has 0 bridgehead atoms. The Bertz CT molecular complexity index is 1380. The van der Waals surface area contributed by atoms with Gasteiger partial charge in [0.15, 0.2) is 5.75 Å². The molecule has 0 fully saturated rings. The molecule has 1 amide bonds. The van der Waals surface area contributed by atoms with Gasteiger partial charge in [0.2, 0.25) is 0 Å². The van der Waals surface area contributed by atoms with Crippen molar-refractivity contribution >= 4 is 74.1 Å². The normalized spacial score (nSPS) is 12.9. The fraction of sp³-hybridized carbons (Fsp3) is 0.192. The van der Waals surface area contributed by atoms with Crippen molar-refractivity contribution in [2.75, 3.05) is 5.32 Å². The van der Waals surface area contributed by atoms with Crippen molar-refractivity contribution in [2.45, 2.75) is 32.3 Å². The highest BCUT2D eigenvalue weighted by molar-refractivity contribution is 14.1. The van der Waals surface area contributed by atoms with E-state index in [1.165, 1.54) is 17.4 Å². The van der Waals surface area contributed by atoms with E-state index < -0.39 is 5.91 Å². The second kappa shape index (κ2) is 11.5. The van der Waals surface area contributed by atoms with Crippen LogP contribution >= 0.6 is 57.1 Å². The Morgan fingerprint density at radius 3 is 2.49 bits per heavy atom. The van der Waals surface area contributed by atoms with Crippen LogP contribution < -0.4 is 10.1 Å². The zero-order valence-electron chi connectivity index (χ0n) is 18.3. The van der Waals surface area contributed by atoms with Crippen LogP contribution in [0.3, 0.4) is 0 Å². The quantitative estimate of drug-likeness (QED) is 0.173. The first-order valence-electron chi connectivity index (χ1n) is 10.7. The average molecular weight is 634 g/mol. The van der Waals surface area contributed by atoms with Crippen LogP contribution in [0.15, 0.2) is 42.0 Å². The Morgan fingerprint density at radius 1 is 1.14 bits per heavy atom. The van der Waals surface area contributed by atoms with Gasteiger partial charge in [-0.25, -0.2) is 0 Å². The number of thiophene rings is 1. The topological polar surface area (TPSA) is 85.9 Å². The molecule has 4 rings (SSSR count). The van der Waals surface area contributed by atoms with Crippen LogP contribution in [-0.2, 0) is 24.2 Å². The molecule has 1 heterocycles. The summed E-state index contributed by atoms with van der Waals surface area (Å²) in [5.41, 5.74) is 2.84. The maximum absolute atomic E-state index is 12.9. The molecule has 0 unspecified atom stereocenters. The molecule has 1 N–H and O–H groups in total. The summed E-state index contributed by atoms with van der Waals surface area (Å²) < 4.78 is 6.93. The molecule has 1 aliphatic carbocycles. The summed E-state index contributed by atoms with van der Waals surface area (Å²) >= 11 is 16.4. The van der Waals surface area contributed by atoms with Crippen LogP contribution in [0.5, 0.6) is 5.75 Å². The van der Waals surface area contributed by atoms with E-state index in [9.17, 15) is 15.3 Å². The number of nitrogens with zero attached hydrogens (tertiary/aromatic N) is 2. The first-order valence-corrected chi connectivity index (χ1v) is 13.4. The molecule has 0 saturated carbocycles. The second-order valence-corrected chi connectivity index (χ2v) is 11.0. The number of halogens is 3. The number of anilines is 1. The third-order valence-electron chi connectivity index (χ3n) is 5.50. The number of aryl methyl sites for hydroxylation is 1. The minimum Gasteiger partial charge on any atom is -0.486 e. The van der Waals surface area contributed by atoms with Crippen molar-refractivity contribution in [1.29, 1.82) is 10.5 Å². The number of amides is 1. The Hall–Kier alpha value is -2.56. The van der Waals surface area contributed by atoms with E-state index in [4.69, 9.17) is 27.9 Å². The molecule has 3 aromatic rings. The SMILES string of the molecule is N#C/C(=C\c1cc(Cl)c(OCc2ccc(I)cc2)c(Cl)c1)C(=O)Nc1sc2c(c1C#N)CCCC2. The minimum atomic E-state index is -0.589. The van der Waals surface area contributed by atoms with Gasteiger partial charge in [-0.2, -0.15) is 10.5 Å². The number of carbonyl (C=O) groups excluding carboxylic acids is 1. The number of ether oxygens (including phenoxy) is 1. The summed E-state index contributed by atoms with van der Waals surface area (Å²) in [4.78, 5) is 14.0. The highest BCUT2D eigenvalue weighted by Crippen LogP contribution is 2.38. The summed E-state index contributed by atoms with van der Waals surface area (Å²) in [6, 6.07) is 15.2. The predicted molar refractivity (Wildman–Crippen MR) is 148 cm³/mol. The van der Waals surface area contributed by atoms with E-state index in [-0.39, 0.29) is 15.6 Å². The summed E-state index contributed by atoms with van der Waals surface area (Å²) in [5, 5.41) is 23.0. The zero-order chi connectivity index (χ0) is 24.9. The van der Waals surface area contributed by atoms with Gasteiger partial charge >= 0.3 is 0 Å². The lowest BCUT2D eigenvalue weighted by Gasteiger charge is -2.11. The number of benzene rings is 2. The molecule has 5 nitrogen and oxygen atoms in total. The maximum atomic E-state index is 12.9. The standard InChI is InChI=1S/C26H18Cl2IN3O2S/c27-21-10-16(11-22(28)24(21)34-14-15-5-7-18(29)8-6-15)9-17(12-30)25(33)32-26-20(13-31)19-3-1-2-4-23(19)35-26/h5-11H,1-4,14H2,(H,32,33)/b17-9+. The Balaban J connectivity index is 1.52. The molecule has 9 heteroatoms. The fourth-order valence-corrected chi connectivity index (χ4v) is 6.00. The highest BCUT2D eigenvalue weighted by Gasteiger charge is 2.23. The first-order chi connectivity index (χ1) is 16.9. The van der Waals surface area contributed by atoms with Gasteiger partial charge in [-0.3, -0.25) is 4.79 Å². The first kappa shape index (κ1) is 25.5. The van der Waals surface area contributed by atoms with E-state index >= 15 is 0 Å². The van der Waals surface area contributed by atoms with Crippen molar-refractivity contribution in [3.8, 4) is 17.9 Å². The Labute approximate surface area is 231 Å². The van der Waals surface area contributed by atoms with Crippen molar-refractivity contribution in [3.63, 3.8) is 0 Å². The molecular formula is C26H18Cl2IN3O2S. The maximum Gasteiger partial charge on any atom is 0.266 e. The van der Waals surface area contributed by atoms with Crippen LogP contribution in [0, 0.1) is 26.2 Å². The van der Waals surface area contributed by atoms with Crippen LogP contribution in [0.2, 0.25) is 10.0 Å². The van der Waals surface area contributed by atoms with Gasteiger partial charge < -0.3 is 10.1 Å². The molecule has 0 spiro atoms. The number of fused-ring (bicyclic) bond motifs is 1. The fourth-order valence-electron chi connectivity index (χ4n) is 3.79. The molecule has 0 saturated heterocycles. The van der Waals surface area contributed by atoms with E-state index in [0.29, 0.717) is 28.5 Å². The van der Waals surface area contributed by atoms with Crippen LogP contribution in [0.4, 0.5) is 5.00 Å². The molecule has 0 atom stereocenters. The Morgan fingerprint density at radius 2 is 1.83 bits per heavy atom. The van der Waals surface area contributed by atoms with E-state index in [2.05, 4.69) is 34.0 Å². The molecular weight excluding hydrogens is 616 g/mol. The molecule has 1 aliphatic rings. The summed E-state index contributed by atoms with van der Waals surface area (Å²) in [6.07, 6.45) is 5.25. The monoisotopic (exact) mass is 633 g/mol. The lowest BCUT2D eigenvalue weighted by atomic mass is 9.96. The van der Waals surface area contributed by atoms with Crippen molar-refractivity contribution < 1.29 is 9.53 Å². The molecule has 2 aromatic carbocycles. The van der Waals surface area contributed by atoms with Gasteiger partial charge in [-0.15, -0.1) is 11.3 Å². The van der Waals surface area contributed by atoms with E-state index in [1.807, 2.05) is 30.3 Å². The number of nitrogens with one attached hydrogen (secondary N) is 1. The summed E-state index contributed by atoms with van der Waals surface area (Å²) in [6.45, 7) is 0.295. The van der Waals surface area contributed by atoms with E-state index in [0.717, 1.165) is 45.3 Å². The van der Waals surface area contributed by atoms with Crippen molar-refractivity contribution in [2.24, 2.45) is 0 Å². The van der Waals surface area contributed by atoms with Crippen molar-refractivity contribution in [1.82, 2.24) is 0 Å². The smallest absolute Gasteiger partial charge is 0.266 e. The van der Waals surface area contributed by atoms with Gasteiger partial charge in [0.05, 0.1) is 15.6 Å². The summed E-state index contributed by atoms with van der Waals surface area (Å²) in [7, 11) is 0. The van der Waals surface area contributed by atoms with Crippen molar-refractivity contribution in [3.05, 3.63) is 82.7 Å². The number of hydrogen-bond donors (Lipinski definition) is 1.